The number of rotatable bonds is 5. The van der Waals surface area contributed by atoms with Crippen LogP contribution >= 0.6 is 11.3 Å². The molecule has 0 saturated carbocycles. The zero-order valence-electron chi connectivity index (χ0n) is 11.5. The summed E-state index contributed by atoms with van der Waals surface area (Å²) in [5.41, 5.74) is 0. The summed E-state index contributed by atoms with van der Waals surface area (Å²) in [7, 11) is 0. The molecular formula is C15H18FNO2S. The predicted octanol–water partition coefficient (Wildman–Crippen LogP) is 3.18. The van der Waals surface area contributed by atoms with Gasteiger partial charge in [0.25, 0.3) is 5.91 Å². The fourth-order valence-electron chi connectivity index (χ4n) is 2.08. The molecule has 20 heavy (non-hydrogen) atoms. The summed E-state index contributed by atoms with van der Waals surface area (Å²) in [4.78, 5) is 12.8. The third kappa shape index (κ3) is 3.35. The number of halogens is 1. The van der Waals surface area contributed by atoms with Gasteiger partial charge in [-0.1, -0.05) is 13.8 Å². The van der Waals surface area contributed by atoms with Gasteiger partial charge in [-0.3, -0.25) is 4.79 Å². The molecule has 2 rings (SSSR count). The Morgan fingerprint density at radius 1 is 1.40 bits per heavy atom. The third-order valence-corrected chi connectivity index (χ3v) is 4.38. The Labute approximate surface area is 121 Å². The second kappa shape index (κ2) is 6.33. The fourth-order valence-corrected chi connectivity index (χ4v) is 3.02. The lowest BCUT2D eigenvalue weighted by Gasteiger charge is -2.21. The second-order valence-electron chi connectivity index (χ2n) is 5.13. The minimum Gasteiger partial charge on any atom is -0.396 e. The number of nitrogens with one attached hydrogen (secondary N) is 1. The van der Waals surface area contributed by atoms with E-state index < -0.39 is 0 Å². The number of aliphatic hydroxyl groups is 1. The number of thiophene rings is 1. The van der Waals surface area contributed by atoms with Crippen LogP contribution in [0.25, 0.3) is 10.1 Å². The molecule has 0 aliphatic heterocycles. The van der Waals surface area contributed by atoms with Gasteiger partial charge < -0.3 is 10.4 Å². The first kappa shape index (κ1) is 14.9. The number of hydrogen-bond acceptors (Lipinski definition) is 3. The highest BCUT2D eigenvalue weighted by molar-refractivity contribution is 7.20. The van der Waals surface area contributed by atoms with Crippen LogP contribution in [0.4, 0.5) is 4.39 Å². The largest absolute Gasteiger partial charge is 0.396 e. The van der Waals surface area contributed by atoms with E-state index in [2.05, 4.69) is 5.32 Å². The predicted molar refractivity (Wildman–Crippen MR) is 79.6 cm³/mol. The van der Waals surface area contributed by atoms with Gasteiger partial charge in [-0.25, -0.2) is 4.39 Å². The Kier molecular flexibility index (Phi) is 4.73. The second-order valence-corrected chi connectivity index (χ2v) is 6.21. The van der Waals surface area contributed by atoms with Crippen molar-refractivity contribution in [3.05, 3.63) is 35.0 Å². The van der Waals surface area contributed by atoms with E-state index in [1.54, 1.807) is 12.1 Å². The van der Waals surface area contributed by atoms with Gasteiger partial charge in [-0.05, 0) is 42.0 Å². The zero-order valence-corrected chi connectivity index (χ0v) is 12.3. The maximum Gasteiger partial charge on any atom is 0.261 e. The molecule has 0 fully saturated rings. The number of fused-ring (bicyclic) bond motifs is 1. The Morgan fingerprint density at radius 2 is 2.15 bits per heavy atom. The Hall–Kier alpha value is -1.46. The molecule has 1 heterocycles. The normalized spacial score (nSPS) is 12.8. The standard InChI is InChI=1S/C15H18FNO2S/c1-9(2)12(5-6-18)17-15(19)14-8-10-7-11(16)3-4-13(10)20-14/h3-4,7-9,12,18H,5-6H2,1-2H3,(H,17,19). The topological polar surface area (TPSA) is 49.3 Å². The average Bonchev–Trinajstić information content (AvgIpc) is 2.80. The van der Waals surface area contributed by atoms with Gasteiger partial charge in [0, 0.05) is 17.3 Å². The summed E-state index contributed by atoms with van der Waals surface area (Å²) in [6, 6.07) is 6.14. The number of aliphatic hydroxyl groups excluding tert-OH is 1. The van der Waals surface area contributed by atoms with Crippen LogP contribution < -0.4 is 5.32 Å². The molecule has 2 N–H and O–H groups in total. The molecule has 1 aromatic carbocycles. The number of carbonyl (C=O) groups is 1. The summed E-state index contributed by atoms with van der Waals surface area (Å²) in [5, 5.41) is 12.7. The number of hydrogen-bond donors (Lipinski definition) is 2. The van der Waals surface area contributed by atoms with Crippen molar-refractivity contribution in [3.63, 3.8) is 0 Å². The van der Waals surface area contributed by atoms with E-state index in [0.717, 1.165) is 10.1 Å². The lowest BCUT2D eigenvalue weighted by molar-refractivity contribution is 0.0921. The average molecular weight is 295 g/mol. The smallest absolute Gasteiger partial charge is 0.261 e. The first-order valence-electron chi connectivity index (χ1n) is 6.62. The number of benzene rings is 1. The minimum atomic E-state index is -0.303. The summed E-state index contributed by atoms with van der Waals surface area (Å²) < 4.78 is 14.0. The molecule has 0 aliphatic carbocycles. The SMILES string of the molecule is CC(C)C(CCO)NC(=O)c1cc2cc(F)ccc2s1. The van der Waals surface area contributed by atoms with Crippen LogP contribution in [-0.2, 0) is 0 Å². The van der Waals surface area contributed by atoms with Crippen molar-refractivity contribution in [1.82, 2.24) is 5.32 Å². The first-order chi connectivity index (χ1) is 9.51. The first-order valence-corrected chi connectivity index (χ1v) is 7.43. The van der Waals surface area contributed by atoms with Crippen LogP contribution in [0.2, 0.25) is 0 Å². The van der Waals surface area contributed by atoms with Gasteiger partial charge in [-0.2, -0.15) is 0 Å². The number of carbonyl (C=O) groups excluding carboxylic acids is 1. The molecule has 0 aliphatic rings. The van der Waals surface area contributed by atoms with Crippen molar-refractivity contribution >= 4 is 27.3 Å². The van der Waals surface area contributed by atoms with Crippen LogP contribution in [0, 0.1) is 11.7 Å². The summed E-state index contributed by atoms with van der Waals surface area (Å²) in [6.07, 6.45) is 0.531. The van der Waals surface area contributed by atoms with E-state index in [-0.39, 0.29) is 30.3 Å². The molecular weight excluding hydrogens is 277 g/mol. The highest BCUT2D eigenvalue weighted by atomic mass is 32.1. The molecule has 1 atom stereocenters. The van der Waals surface area contributed by atoms with Gasteiger partial charge >= 0.3 is 0 Å². The molecule has 0 radical (unpaired) electrons. The molecule has 1 amide bonds. The van der Waals surface area contributed by atoms with Crippen molar-refractivity contribution in [1.29, 1.82) is 0 Å². The van der Waals surface area contributed by atoms with Crippen LogP contribution in [0.3, 0.4) is 0 Å². The lowest BCUT2D eigenvalue weighted by atomic mass is 10.0. The van der Waals surface area contributed by atoms with Gasteiger partial charge in [0.05, 0.1) is 4.88 Å². The molecule has 0 spiro atoms. The maximum atomic E-state index is 13.1. The summed E-state index contributed by atoms with van der Waals surface area (Å²) >= 11 is 1.34. The maximum absolute atomic E-state index is 13.1. The van der Waals surface area contributed by atoms with Gasteiger partial charge in [-0.15, -0.1) is 11.3 Å². The minimum absolute atomic E-state index is 0.0424. The molecule has 3 nitrogen and oxygen atoms in total. The van der Waals surface area contributed by atoms with E-state index in [9.17, 15) is 9.18 Å². The Morgan fingerprint density at radius 3 is 2.80 bits per heavy atom. The van der Waals surface area contributed by atoms with Crippen molar-refractivity contribution in [2.75, 3.05) is 6.61 Å². The zero-order chi connectivity index (χ0) is 14.7. The molecule has 5 heteroatoms. The molecule has 108 valence electrons. The van der Waals surface area contributed by atoms with Crippen LogP contribution in [-0.4, -0.2) is 23.7 Å². The monoisotopic (exact) mass is 295 g/mol. The molecule has 2 aromatic rings. The van der Waals surface area contributed by atoms with Gasteiger partial charge in [0.15, 0.2) is 0 Å². The van der Waals surface area contributed by atoms with Crippen LogP contribution in [0.15, 0.2) is 24.3 Å². The van der Waals surface area contributed by atoms with Gasteiger partial charge in [0.2, 0.25) is 0 Å². The van der Waals surface area contributed by atoms with Crippen molar-refractivity contribution < 1.29 is 14.3 Å². The van der Waals surface area contributed by atoms with Crippen molar-refractivity contribution in [2.24, 2.45) is 5.92 Å². The molecule has 0 bridgehead atoms. The van der Waals surface area contributed by atoms with Gasteiger partial charge in [0.1, 0.15) is 5.82 Å². The molecule has 1 unspecified atom stereocenters. The van der Waals surface area contributed by atoms with Crippen molar-refractivity contribution in [3.8, 4) is 0 Å². The fraction of sp³-hybridized carbons (Fsp3) is 0.400. The van der Waals surface area contributed by atoms with Crippen LogP contribution in [0.5, 0.6) is 0 Å². The van der Waals surface area contributed by atoms with Crippen LogP contribution in [0.1, 0.15) is 29.9 Å². The highest BCUT2D eigenvalue weighted by Crippen LogP contribution is 2.26. The van der Waals surface area contributed by atoms with E-state index in [1.807, 2.05) is 13.8 Å². The van der Waals surface area contributed by atoms with E-state index in [4.69, 9.17) is 5.11 Å². The number of amides is 1. The van der Waals surface area contributed by atoms with E-state index in [0.29, 0.717) is 11.3 Å². The van der Waals surface area contributed by atoms with Crippen molar-refractivity contribution in [2.45, 2.75) is 26.3 Å². The van der Waals surface area contributed by atoms with E-state index in [1.165, 1.54) is 23.5 Å². The summed E-state index contributed by atoms with van der Waals surface area (Å²) in [5.74, 6) is -0.223. The lowest BCUT2D eigenvalue weighted by Crippen LogP contribution is -2.38. The quantitative estimate of drug-likeness (QED) is 0.890. The summed E-state index contributed by atoms with van der Waals surface area (Å²) in [6.45, 7) is 4.04. The van der Waals surface area contributed by atoms with E-state index >= 15 is 0 Å². The third-order valence-electron chi connectivity index (χ3n) is 3.26. The Bertz CT molecular complexity index is 609. The molecule has 1 aromatic heterocycles. The molecule has 0 saturated heterocycles. The Balaban J connectivity index is 2.18. The highest BCUT2D eigenvalue weighted by Gasteiger charge is 2.18.